The highest BCUT2D eigenvalue weighted by Crippen LogP contribution is 2.35. The molecule has 1 atom stereocenters. The Kier molecular flexibility index (Phi) is 5.20. The maximum atomic E-state index is 13.3. The molecule has 13 heteroatoms. The maximum absolute atomic E-state index is 13.3. The van der Waals surface area contributed by atoms with E-state index in [1.807, 2.05) is 0 Å². The van der Waals surface area contributed by atoms with Gasteiger partial charge in [-0.25, -0.2) is 9.50 Å². The number of methoxy groups -OCH3 is 1. The van der Waals surface area contributed by atoms with Crippen LogP contribution in [0.2, 0.25) is 0 Å². The normalized spacial score (nSPS) is 19.5. The van der Waals surface area contributed by atoms with Crippen LogP contribution in [-0.4, -0.2) is 51.7 Å². The van der Waals surface area contributed by atoms with Gasteiger partial charge in [-0.3, -0.25) is 9.69 Å². The number of Topliss-reactive ketones (excluding diaryl/α,β-unsaturated/α-hetero) is 1. The molecule has 0 unspecified atom stereocenters. The number of fused-ring (bicyclic) bond motifs is 1. The van der Waals surface area contributed by atoms with E-state index in [-0.39, 0.29) is 36.9 Å². The first-order chi connectivity index (χ1) is 12.5. The summed E-state index contributed by atoms with van der Waals surface area (Å²) in [5.74, 6) is -1.91. The van der Waals surface area contributed by atoms with Crippen molar-refractivity contribution in [1.82, 2.24) is 19.5 Å². The SMILES string of the molecule is COCc1nn2c(CN3CC(=O)[C@H](CC(F)(F)F)C3)c(C(F)(F)F)nc2s1. The van der Waals surface area contributed by atoms with Gasteiger partial charge in [-0.2, -0.15) is 31.4 Å². The molecule has 2 aromatic heterocycles. The number of hydrogen-bond donors (Lipinski definition) is 0. The molecular weight excluding hydrogens is 402 g/mol. The highest BCUT2D eigenvalue weighted by Gasteiger charge is 2.43. The van der Waals surface area contributed by atoms with Gasteiger partial charge in [-0.15, -0.1) is 0 Å². The topological polar surface area (TPSA) is 59.7 Å². The van der Waals surface area contributed by atoms with Crippen molar-refractivity contribution >= 4 is 22.1 Å². The predicted octanol–water partition coefficient (Wildman–Crippen LogP) is 2.91. The molecule has 6 nitrogen and oxygen atoms in total. The van der Waals surface area contributed by atoms with Crippen LogP contribution in [0.15, 0.2) is 0 Å². The zero-order valence-corrected chi connectivity index (χ0v) is 14.7. The molecule has 1 aliphatic rings. The first kappa shape index (κ1) is 20.0. The first-order valence-corrected chi connectivity index (χ1v) is 8.55. The lowest BCUT2D eigenvalue weighted by Crippen LogP contribution is -2.25. The van der Waals surface area contributed by atoms with Crippen molar-refractivity contribution in [1.29, 1.82) is 0 Å². The van der Waals surface area contributed by atoms with Gasteiger partial charge in [0, 0.05) is 26.1 Å². The number of aromatic nitrogens is 3. The lowest BCUT2D eigenvalue weighted by molar-refractivity contribution is -0.150. The van der Waals surface area contributed by atoms with Crippen LogP contribution in [0.4, 0.5) is 26.3 Å². The van der Waals surface area contributed by atoms with Gasteiger partial charge in [0.25, 0.3) is 0 Å². The van der Waals surface area contributed by atoms with Crippen LogP contribution in [0.5, 0.6) is 0 Å². The minimum absolute atomic E-state index is 0.00161. The van der Waals surface area contributed by atoms with Crippen LogP contribution in [-0.2, 0) is 28.9 Å². The van der Waals surface area contributed by atoms with E-state index in [0.717, 1.165) is 15.9 Å². The lowest BCUT2D eigenvalue weighted by atomic mass is 10.0. The van der Waals surface area contributed by atoms with Crippen molar-refractivity contribution in [3.63, 3.8) is 0 Å². The molecule has 0 saturated carbocycles. The number of rotatable bonds is 5. The number of alkyl halides is 6. The summed E-state index contributed by atoms with van der Waals surface area (Å²) in [7, 11) is 1.41. The number of ketones is 1. The number of ether oxygens (including phenoxy) is 1. The minimum Gasteiger partial charge on any atom is -0.377 e. The summed E-state index contributed by atoms with van der Waals surface area (Å²) >= 11 is 0.921. The van der Waals surface area contributed by atoms with E-state index in [4.69, 9.17) is 4.74 Å². The summed E-state index contributed by atoms with van der Waals surface area (Å²) in [6.45, 7) is -0.908. The van der Waals surface area contributed by atoms with Gasteiger partial charge in [0.05, 0.1) is 25.3 Å². The molecule has 150 valence electrons. The van der Waals surface area contributed by atoms with Gasteiger partial charge in [0.1, 0.15) is 5.01 Å². The molecule has 0 aromatic carbocycles. The molecule has 0 aliphatic carbocycles. The van der Waals surface area contributed by atoms with Crippen LogP contribution < -0.4 is 0 Å². The van der Waals surface area contributed by atoms with E-state index in [0.29, 0.717) is 5.01 Å². The molecule has 0 spiro atoms. The molecule has 0 amide bonds. The van der Waals surface area contributed by atoms with Crippen molar-refractivity contribution in [3.8, 4) is 0 Å². The molecular formula is C14H14F6N4O2S. The first-order valence-electron chi connectivity index (χ1n) is 7.73. The molecule has 0 bridgehead atoms. The summed E-state index contributed by atoms with van der Waals surface area (Å²) in [5.41, 5.74) is -1.46. The Labute approximate surface area is 152 Å². The summed E-state index contributed by atoms with van der Waals surface area (Å²) in [4.78, 5) is 16.6. The Morgan fingerprint density at radius 2 is 1.96 bits per heavy atom. The summed E-state index contributed by atoms with van der Waals surface area (Å²) in [5, 5.41) is 4.44. The van der Waals surface area contributed by atoms with Gasteiger partial charge >= 0.3 is 12.4 Å². The van der Waals surface area contributed by atoms with Gasteiger partial charge in [-0.05, 0) is 0 Å². The van der Waals surface area contributed by atoms with E-state index >= 15 is 0 Å². The lowest BCUT2D eigenvalue weighted by Gasteiger charge is -2.16. The molecule has 0 radical (unpaired) electrons. The summed E-state index contributed by atoms with van der Waals surface area (Å²) < 4.78 is 83.4. The largest absolute Gasteiger partial charge is 0.435 e. The van der Waals surface area contributed by atoms with Gasteiger partial charge in [-0.1, -0.05) is 11.3 Å². The molecule has 27 heavy (non-hydrogen) atoms. The number of halogens is 6. The summed E-state index contributed by atoms with van der Waals surface area (Å²) in [6.07, 6.45) is -10.6. The number of carbonyl (C=O) groups excluding carboxylic acids is 1. The van der Waals surface area contributed by atoms with Crippen molar-refractivity contribution in [2.45, 2.75) is 31.9 Å². The Hall–Kier alpha value is -1.73. The minimum atomic E-state index is -4.75. The van der Waals surface area contributed by atoms with Gasteiger partial charge < -0.3 is 4.74 Å². The van der Waals surface area contributed by atoms with Crippen LogP contribution in [0.3, 0.4) is 0 Å². The fourth-order valence-corrected chi connectivity index (χ4v) is 3.88. The number of likely N-dealkylation sites (tertiary alicyclic amines) is 1. The third kappa shape index (κ3) is 4.41. The standard InChI is InChI=1S/C14H14F6N4O2S/c1-26-6-10-22-24-8(11(14(18,19)20)21-12(24)27-10)4-23-3-7(9(25)5-23)2-13(15,16)17/h7H,2-6H2,1H3/t7-/m1/s1. The second-order valence-electron chi connectivity index (χ2n) is 6.18. The van der Waals surface area contributed by atoms with Crippen LogP contribution >= 0.6 is 11.3 Å². The summed E-state index contributed by atoms with van der Waals surface area (Å²) in [6, 6.07) is 0. The molecule has 0 N–H and O–H groups in total. The molecule has 1 saturated heterocycles. The number of nitrogens with zero attached hydrogens (tertiary/aromatic N) is 4. The van der Waals surface area contributed by atoms with Crippen molar-refractivity contribution in [2.75, 3.05) is 20.2 Å². The van der Waals surface area contributed by atoms with Crippen LogP contribution in [0, 0.1) is 5.92 Å². The van der Waals surface area contributed by atoms with Gasteiger partial charge in [0.2, 0.25) is 4.96 Å². The van der Waals surface area contributed by atoms with E-state index in [1.54, 1.807) is 0 Å². The van der Waals surface area contributed by atoms with Gasteiger partial charge in [0.15, 0.2) is 11.5 Å². The Bertz CT molecular complexity index is 843. The Morgan fingerprint density at radius 1 is 1.26 bits per heavy atom. The fourth-order valence-electron chi connectivity index (χ4n) is 3.00. The Morgan fingerprint density at radius 3 is 2.56 bits per heavy atom. The second kappa shape index (κ2) is 7.02. The van der Waals surface area contributed by atoms with E-state index < -0.39 is 36.2 Å². The number of hydrogen-bond acceptors (Lipinski definition) is 6. The van der Waals surface area contributed by atoms with E-state index in [9.17, 15) is 31.1 Å². The average molecular weight is 416 g/mol. The van der Waals surface area contributed by atoms with Crippen LogP contribution in [0.1, 0.15) is 22.8 Å². The van der Waals surface area contributed by atoms with E-state index in [2.05, 4.69) is 10.1 Å². The fraction of sp³-hybridized carbons (Fsp3) is 0.643. The number of carbonyl (C=O) groups is 1. The van der Waals surface area contributed by atoms with Crippen LogP contribution in [0.25, 0.3) is 4.96 Å². The molecule has 1 fully saturated rings. The average Bonchev–Trinajstić information content (AvgIpc) is 3.13. The zero-order chi connectivity index (χ0) is 20.0. The number of imidazole rings is 1. The molecule has 3 rings (SSSR count). The van der Waals surface area contributed by atoms with Crippen molar-refractivity contribution in [2.24, 2.45) is 5.92 Å². The molecule has 1 aliphatic heterocycles. The molecule has 3 heterocycles. The highest BCUT2D eigenvalue weighted by molar-refractivity contribution is 7.16. The second-order valence-corrected chi connectivity index (χ2v) is 7.22. The smallest absolute Gasteiger partial charge is 0.377 e. The molecule has 2 aromatic rings. The van der Waals surface area contributed by atoms with Crippen molar-refractivity contribution < 1.29 is 35.9 Å². The Balaban J connectivity index is 1.88. The third-order valence-corrected chi connectivity index (χ3v) is 4.92. The highest BCUT2D eigenvalue weighted by atomic mass is 32.1. The predicted molar refractivity (Wildman–Crippen MR) is 81.0 cm³/mol. The quantitative estimate of drug-likeness (QED) is 0.702. The van der Waals surface area contributed by atoms with E-state index in [1.165, 1.54) is 12.0 Å². The zero-order valence-electron chi connectivity index (χ0n) is 13.9. The monoisotopic (exact) mass is 416 g/mol. The van der Waals surface area contributed by atoms with Crippen molar-refractivity contribution in [3.05, 3.63) is 16.4 Å². The third-order valence-electron chi connectivity index (χ3n) is 4.04. The maximum Gasteiger partial charge on any atom is 0.435 e.